The fourth-order valence-electron chi connectivity index (χ4n) is 4.32. The summed E-state index contributed by atoms with van der Waals surface area (Å²) in [4.78, 5) is 16.7. The van der Waals surface area contributed by atoms with E-state index in [-0.39, 0.29) is 5.82 Å². The highest BCUT2D eigenvalue weighted by atomic mass is 19.1. The lowest BCUT2D eigenvalue weighted by Gasteiger charge is -2.05. The first-order valence-corrected chi connectivity index (χ1v) is 10.6. The van der Waals surface area contributed by atoms with Crippen molar-refractivity contribution in [2.45, 2.75) is 13.8 Å². The van der Waals surface area contributed by atoms with Crippen LogP contribution in [-0.2, 0) is 7.05 Å². The van der Waals surface area contributed by atoms with E-state index in [0.29, 0.717) is 5.65 Å². The lowest BCUT2D eigenvalue weighted by atomic mass is 10.0. The standard InChI is InChI=1S/C25H20FN7/c1-13-4-15(6-17(26)5-13)20-10-27-11-22-18(20)8-21(30-22)24-19-7-16(9-29-25(19)32-31-24)23-12-28-14(2)33(23)3/h4-12,30H,1-3H3,(H,29,31,32). The van der Waals surface area contributed by atoms with Gasteiger partial charge in [0.05, 0.1) is 29.3 Å². The molecule has 33 heavy (non-hydrogen) atoms. The Morgan fingerprint density at radius 3 is 2.55 bits per heavy atom. The Labute approximate surface area is 188 Å². The van der Waals surface area contributed by atoms with E-state index in [1.54, 1.807) is 12.4 Å². The van der Waals surface area contributed by atoms with Gasteiger partial charge < -0.3 is 9.55 Å². The summed E-state index contributed by atoms with van der Waals surface area (Å²) in [5.74, 6) is 0.667. The van der Waals surface area contributed by atoms with E-state index in [1.165, 1.54) is 12.1 Å². The zero-order valence-electron chi connectivity index (χ0n) is 18.3. The van der Waals surface area contributed by atoms with Crippen LogP contribution in [-0.4, -0.2) is 34.7 Å². The summed E-state index contributed by atoms with van der Waals surface area (Å²) in [6.07, 6.45) is 7.20. The summed E-state index contributed by atoms with van der Waals surface area (Å²) in [6, 6.07) is 9.11. The van der Waals surface area contributed by atoms with Crippen molar-refractivity contribution in [3.05, 3.63) is 72.3 Å². The molecule has 2 N–H and O–H groups in total. The van der Waals surface area contributed by atoms with Gasteiger partial charge in [-0.1, -0.05) is 6.07 Å². The van der Waals surface area contributed by atoms with Gasteiger partial charge in [0.25, 0.3) is 0 Å². The molecule has 0 atom stereocenters. The number of halogens is 1. The number of aryl methyl sites for hydroxylation is 2. The van der Waals surface area contributed by atoms with Crippen molar-refractivity contribution in [2.75, 3.05) is 0 Å². The van der Waals surface area contributed by atoms with Crippen LogP contribution in [0, 0.1) is 19.7 Å². The van der Waals surface area contributed by atoms with Crippen LogP contribution in [0.3, 0.4) is 0 Å². The summed E-state index contributed by atoms with van der Waals surface area (Å²) >= 11 is 0. The monoisotopic (exact) mass is 437 g/mol. The van der Waals surface area contributed by atoms with Gasteiger partial charge in [-0.25, -0.2) is 14.4 Å². The molecule has 7 nitrogen and oxygen atoms in total. The number of H-pyrrole nitrogens is 2. The lowest BCUT2D eigenvalue weighted by molar-refractivity contribution is 0.627. The second-order valence-electron chi connectivity index (χ2n) is 8.29. The van der Waals surface area contributed by atoms with E-state index in [4.69, 9.17) is 0 Å². The molecule has 5 heterocycles. The quantitative estimate of drug-likeness (QED) is 0.392. The number of aromatic nitrogens is 7. The first-order valence-electron chi connectivity index (χ1n) is 10.6. The minimum absolute atomic E-state index is 0.264. The number of rotatable bonds is 3. The van der Waals surface area contributed by atoms with Gasteiger partial charge in [-0.15, -0.1) is 0 Å². The SMILES string of the molecule is Cc1cc(F)cc(-c2cncc3[nH]c(-c4n[nH]c5ncc(-c6cnc(C)n6C)cc45)cc23)c1. The Kier molecular flexibility index (Phi) is 4.16. The summed E-state index contributed by atoms with van der Waals surface area (Å²) in [6.45, 7) is 3.85. The van der Waals surface area contributed by atoms with Crippen LogP contribution in [0.25, 0.3) is 55.7 Å². The fourth-order valence-corrected chi connectivity index (χ4v) is 4.32. The molecule has 6 rings (SSSR count). The molecule has 0 aliphatic carbocycles. The van der Waals surface area contributed by atoms with Gasteiger partial charge in [0.2, 0.25) is 0 Å². The van der Waals surface area contributed by atoms with E-state index >= 15 is 0 Å². The molecule has 8 heteroatoms. The number of hydrogen-bond acceptors (Lipinski definition) is 4. The van der Waals surface area contributed by atoms with Gasteiger partial charge in [-0.05, 0) is 49.2 Å². The van der Waals surface area contributed by atoms with Crippen LogP contribution in [0.1, 0.15) is 11.4 Å². The molecule has 0 unspecified atom stereocenters. The largest absolute Gasteiger partial charge is 0.352 e. The number of nitrogens with one attached hydrogen (secondary N) is 2. The maximum atomic E-state index is 14.1. The van der Waals surface area contributed by atoms with Crippen molar-refractivity contribution in [1.29, 1.82) is 0 Å². The predicted octanol–water partition coefficient (Wildman–Crippen LogP) is 5.32. The number of imidazole rings is 1. The van der Waals surface area contributed by atoms with Crippen molar-refractivity contribution < 1.29 is 4.39 Å². The summed E-state index contributed by atoms with van der Waals surface area (Å²) in [5, 5.41) is 9.40. The fraction of sp³-hybridized carbons (Fsp3) is 0.120. The van der Waals surface area contributed by atoms with Gasteiger partial charge in [0, 0.05) is 41.3 Å². The molecular formula is C25H20FN7. The molecule has 0 radical (unpaired) electrons. The minimum atomic E-state index is -0.264. The third-order valence-electron chi connectivity index (χ3n) is 6.09. The van der Waals surface area contributed by atoms with Gasteiger partial charge in [0.1, 0.15) is 17.3 Å². The number of pyridine rings is 2. The molecular weight excluding hydrogens is 417 g/mol. The van der Waals surface area contributed by atoms with Crippen LogP contribution < -0.4 is 0 Å². The molecule has 0 aliphatic rings. The maximum absolute atomic E-state index is 14.1. The van der Waals surface area contributed by atoms with Crippen LogP contribution >= 0.6 is 0 Å². The van der Waals surface area contributed by atoms with Crippen LogP contribution in [0.4, 0.5) is 4.39 Å². The molecule has 0 fully saturated rings. The number of nitrogens with zero attached hydrogens (tertiary/aromatic N) is 5. The summed E-state index contributed by atoms with van der Waals surface area (Å²) in [5.41, 5.74) is 7.60. The molecule has 0 saturated heterocycles. The topological polar surface area (TPSA) is 88.1 Å². The Morgan fingerprint density at radius 1 is 0.879 bits per heavy atom. The normalized spacial score (nSPS) is 11.6. The average Bonchev–Trinajstić information content (AvgIpc) is 3.49. The van der Waals surface area contributed by atoms with E-state index < -0.39 is 0 Å². The first-order chi connectivity index (χ1) is 16.0. The molecule has 5 aromatic heterocycles. The predicted molar refractivity (Wildman–Crippen MR) is 126 cm³/mol. The molecule has 1 aromatic carbocycles. The third kappa shape index (κ3) is 3.10. The Morgan fingerprint density at radius 2 is 1.76 bits per heavy atom. The highest BCUT2D eigenvalue weighted by Crippen LogP contribution is 2.34. The van der Waals surface area contributed by atoms with Crippen LogP contribution in [0.2, 0.25) is 0 Å². The Hall–Kier alpha value is -4.33. The smallest absolute Gasteiger partial charge is 0.155 e. The van der Waals surface area contributed by atoms with Gasteiger partial charge >= 0.3 is 0 Å². The molecule has 0 bridgehead atoms. The van der Waals surface area contributed by atoms with Crippen LogP contribution in [0.15, 0.2) is 55.1 Å². The number of fused-ring (bicyclic) bond motifs is 2. The van der Waals surface area contributed by atoms with E-state index in [0.717, 1.165) is 61.4 Å². The van der Waals surface area contributed by atoms with Crippen molar-refractivity contribution in [3.8, 4) is 33.8 Å². The van der Waals surface area contributed by atoms with Crippen molar-refractivity contribution in [1.82, 2.24) is 34.7 Å². The Bertz CT molecular complexity index is 1650. The Balaban J connectivity index is 1.52. The van der Waals surface area contributed by atoms with Crippen molar-refractivity contribution >= 4 is 21.9 Å². The number of benzene rings is 1. The minimum Gasteiger partial charge on any atom is -0.352 e. The zero-order chi connectivity index (χ0) is 22.7. The summed E-state index contributed by atoms with van der Waals surface area (Å²) in [7, 11) is 1.98. The average molecular weight is 437 g/mol. The van der Waals surface area contributed by atoms with Crippen molar-refractivity contribution in [3.63, 3.8) is 0 Å². The van der Waals surface area contributed by atoms with Gasteiger partial charge in [-0.3, -0.25) is 10.1 Å². The second kappa shape index (κ2) is 7.09. The van der Waals surface area contributed by atoms with Crippen molar-refractivity contribution in [2.24, 2.45) is 7.05 Å². The highest BCUT2D eigenvalue weighted by Gasteiger charge is 2.16. The molecule has 0 spiro atoms. The molecule has 0 saturated carbocycles. The molecule has 0 aliphatic heterocycles. The number of aromatic amines is 2. The zero-order valence-corrected chi connectivity index (χ0v) is 18.3. The van der Waals surface area contributed by atoms with E-state index in [1.807, 2.05) is 50.0 Å². The maximum Gasteiger partial charge on any atom is 0.155 e. The van der Waals surface area contributed by atoms with Gasteiger partial charge in [-0.2, -0.15) is 5.10 Å². The summed E-state index contributed by atoms with van der Waals surface area (Å²) < 4.78 is 16.1. The third-order valence-corrected chi connectivity index (χ3v) is 6.09. The van der Waals surface area contributed by atoms with Gasteiger partial charge in [0.15, 0.2) is 5.65 Å². The highest BCUT2D eigenvalue weighted by molar-refractivity contribution is 6.00. The second-order valence-corrected chi connectivity index (χ2v) is 8.29. The molecule has 162 valence electrons. The van der Waals surface area contributed by atoms with E-state index in [9.17, 15) is 4.39 Å². The van der Waals surface area contributed by atoms with E-state index in [2.05, 4.69) is 36.2 Å². The molecule has 0 amide bonds. The first kappa shape index (κ1) is 19.4. The van der Waals surface area contributed by atoms with Crippen LogP contribution in [0.5, 0.6) is 0 Å². The lowest BCUT2D eigenvalue weighted by Crippen LogP contribution is -1.94. The molecule has 6 aromatic rings. The number of hydrogen-bond donors (Lipinski definition) is 2.